The fourth-order valence-corrected chi connectivity index (χ4v) is 2.11. The fourth-order valence-electron chi connectivity index (χ4n) is 1.94. The molecule has 0 aliphatic heterocycles. The molecule has 0 aliphatic rings. The Morgan fingerprint density at radius 1 is 1.26 bits per heavy atom. The molecule has 1 aromatic carbocycles. The van der Waals surface area contributed by atoms with Crippen LogP contribution in [0.3, 0.4) is 0 Å². The van der Waals surface area contributed by atoms with E-state index >= 15 is 0 Å². The standard InChI is InChI=1S/C13H12N4OS/c18-13(16-19)10-4-1-5-12-11(10)8-17(15-12)9-3-2-6-14-7-9/h1-8H,19H4. The van der Waals surface area contributed by atoms with E-state index in [1.807, 2.05) is 30.5 Å². The summed E-state index contributed by atoms with van der Waals surface area (Å²) in [6, 6.07) is 9.20. The smallest absolute Gasteiger partial charge is 0.266 e. The van der Waals surface area contributed by atoms with Crippen LogP contribution in [0, 0.1) is 0 Å². The predicted molar refractivity (Wildman–Crippen MR) is 78.6 cm³/mol. The molecule has 0 bridgehead atoms. The lowest BCUT2D eigenvalue weighted by Crippen LogP contribution is -1.94. The van der Waals surface area contributed by atoms with Crippen LogP contribution in [-0.2, 0) is 12.4 Å². The SMILES string of the molecule is O=C(N=[SH4])c1cccc2nn(-c3cccnc3)cc12. The van der Waals surface area contributed by atoms with E-state index < -0.39 is 0 Å². The Kier molecular flexibility index (Phi) is 2.92. The Hall–Kier alpha value is -2.34. The molecule has 2 heterocycles. The van der Waals surface area contributed by atoms with Gasteiger partial charge in [0.05, 0.1) is 23.0 Å². The minimum Gasteiger partial charge on any atom is -0.266 e. The van der Waals surface area contributed by atoms with E-state index in [1.54, 1.807) is 23.1 Å². The number of carbonyl (C=O) groups excluding carboxylic acids is 1. The molecule has 0 aliphatic carbocycles. The molecule has 3 rings (SSSR count). The highest BCUT2D eigenvalue weighted by Crippen LogP contribution is 2.20. The van der Waals surface area contributed by atoms with Crippen LogP contribution in [0.25, 0.3) is 16.6 Å². The van der Waals surface area contributed by atoms with E-state index in [2.05, 4.69) is 14.4 Å². The number of carbonyl (C=O) groups is 1. The quantitative estimate of drug-likeness (QED) is 0.704. The second kappa shape index (κ2) is 4.74. The highest BCUT2D eigenvalue weighted by Gasteiger charge is 2.11. The van der Waals surface area contributed by atoms with E-state index in [4.69, 9.17) is 0 Å². The van der Waals surface area contributed by atoms with E-state index in [0.29, 0.717) is 5.56 Å². The van der Waals surface area contributed by atoms with Crippen molar-refractivity contribution in [1.29, 1.82) is 0 Å². The van der Waals surface area contributed by atoms with Gasteiger partial charge in [0.15, 0.2) is 0 Å². The molecule has 3 aromatic rings. The first kappa shape index (κ1) is 11.7. The molecule has 0 unspecified atom stereocenters. The third-order valence-corrected chi connectivity index (χ3v) is 3.12. The molecular formula is C13H12N4OS. The molecule has 96 valence electrons. The minimum absolute atomic E-state index is 0.227. The Morgan fingerprint density at radius 2 is 2.16 bits per heavy atom. The number of benzene rings is 1. The number of amides is 1. The summed E-state index contributed by atoms with van der Waals surface area (Å²) in [5.74, 6) is -0.227. The van der Waals surface area contributed by atoms with Crippen molar-refractivity contribution in [2.24, 2.45) is 4.36 Å². The molecule has 19 heavy (non-hydrogen) atoms. The topological polar surface area (TPSA) is 60.1 Å². The lowest BCUT2D eigenvalue weighted by Gasteiger charge is -1.97. The Balaban J connectivity index is 2.21. The molecule has 0 saturated carbocycles. The molecular weight excluding hydrogens is 260 g/mol. The second-order valence-electron chi connectivity index (χ2n) is 3.99. The molecule has 0 atom stereocenters. The van der Waals surface area contributed by atoms with Crippen molar-refractivity contribution in [2.75, 3.05) is 0 Å². The van der Waals surface area contributed by atoms with Crippen LogP contribution in [0.5, 0.6) is 0 Å². The summed E-state index contributed by atoms with van der Waals surface area (Å²) in [5.41, 5.74) is 2.19. The van der Waals surface area contributed by atoms with Crippen molar-refractivity contribution < 1.29 is 4.79 Å². The first-order valence-electron chi connectivity index (χ1n) is 5.69. The number of aromatic nitrogens is 3. The number of hydrogen-bond acceptors (Lipinski definition) is 3. The van der Waals surface area contributed by atoms with Gasteiger partial charge in [-0.1, -0.05) is 6.07 Å². The maximum atomic E-state index is 11.8. The average molecular weight is 272 g/mol. The van der Waals surface area contributed by atoms with Crippen LogP contribution < -0.4 is 0 Å². The van der Waals surface area contributed by atoms with E-state index in [0.717, 1.165) is 16.6 Å². The molecule has 0 saturated heterocycles. The van der Waals surface area contributed by atoms with Gasteiger partial charge in [0.25, 0.3) is 5.91 Å². The first-order chi connectivity index (χ1) is 9.29. The zero-order chi connectivity index (χ0) is 13.2. The molecule has 0 fully saturated rings. The van der Waals surface area contributed by atoms with Gasteiger partial charge in [-0.3, -0.25) is 9.78 Å². The molecule has 6 heteroatoms. The number of hydrogen-bond donors (Lipinski definition) is 0. The summed E-state index contributed by atoms with van der Waals surface area (Å²) in [7, 11) is 0. The van der Waals surface area contributed by atoms with Gasteiger partial charge in [0, 0.05) is 17.8 Å². The largest absolute Gasteiger partial charge is 0.281 e. The molecule has 1 amide bonds. The van der Waals surface area contributed by atoms with Crippen LogP contribution >= 0.6 is 0 Å². The normalized spacial score (nSPS) is 10.6. The van der Waals surface area contributed by atoms with Crippen molar-refractivity contribution in [3.8, 4) is 5.69 Å². The van der Waals surface area contributed by atoms with Gasteiger partial charge >= 0.3 is 0 Å². The lowest BCUT2D eigenvalue weighted by molar-refractivity contribution is 0.101. The van der Waals surface area contributed by atoms with Gasteiger partial charge < -0.3 is 0 Å². The first-order valence-corrected chi connectivity index (χ1v) is 6.32. The van der Waals surface area contributed by atoms with Crippen LogP contribution in [0.1, 0.15) is 10.4 Å². The number of rotatable bonds is 2. The lowest BCUT2D eigenvalue weighted by atomic mass is 10.1. The summed E-state index contributed by atoms with van der Waals surface area (Å²) in [4.78, 5) is 15.8. The van der Waals surface area contributed by atoms with Gasteiger partial charge in [0.1, 0.15) is 0 Å². The third-order valence-electron chi connectivity index (χ3n) is 2.83. The van der Waals surface area contributed by atoms with Crippen molar-refractivity contribution in [2.45, 2.75) is 0 Å². The van der Waals surface area contributed by atoms with Crippen molar-refractivity contribution in [1.82, 2.24) is 14.8 Å². The third kappa shape index (κ3) is 2.06. The van der Waals surface area contributed by atoms with Gasteiger partial charge in [-0.05, 0) is 24.3 Å². The molecule has 0 radical (unpaired) electrons. The highest BCUT2D eigenvalue weighted by molar-refractivity contribution is 7.47. The number of pyridine rings is 1. The van der Waals surface area contributed by atoms with Gasteiger partial charge in [-0.15, -0.1) is 0 Å². The summed E-state index contributed by atoms with van der Waals surface area (Å²) < 4.78 is 5.45. The van der Waals surface area contributed by atoms with Gasteiger partial charge in [-0.25, -0.2) is 21.5 Å². The van der Waals surface area contributed by atoms with Crippen LogP contribution in [-0.4, -0.2) is 20.7 Å². The van der Waals surface area contributed by atoms with Gasteiger partial charge in [-0.2, -0.15) is 5.10 Å². The highest BCUT2D eigenvalue weighted by atomic mass is 32.1. The maximum Gasteiger partial charge on any atom is 0.281 e. The number of nitrogens with zero attached hydrogens (tertiary/aromatic N) is 4. The van der Waals surface area contributed by atoms with Crippen molar-refractivity contribution in [3.63, 3.8) is 0 Å². The summed E-state index contributed by atoms with van der Waals surface area (Å²) in [6.45, 7) is 0. The number of fused-ring (bicyclic) bond motifs is 1. The molecule has 0 spiro atoms. The Labute approximate surface area is 114 Å². The average Bonchev–Trinajstić information content (AvgIpc) is 2.91. The molecule has 2 aromatic heterocycles. The van der Waals surface area contributed by atoms with E-state index in [1.165, 1.54) is 12.4 Å². The van der Waals surface area contributed by atoms with Crippen LogP contribution in [0.4, 0.5) is 0 Å². The predicted octanol–water partition coefficient (Wildman–Crippen LogP) is 1.22. The zero-order valence-electron chi connectivity index (χ0n) is 10.0. The van der Waals surface area contributed by atoms with Crippen LogP contribution in [0.2, 0.25) is 0 Å². The summed E-state index contributed by atoms with van der Waals surface area (Å²) >= 11 is 1.30. The summed E-state index contributed by atoms with van der Waals surface area (Å²) in [6.07, 6.45) is 5.26. The zero-order valence-corrected chi connectivity index (χ0v) is 11.4. The van der Waals surface area contributed by atoms with Crippen LogP contribution in [0.15, 0.2) is 53.3 Å². The maximum absolute atomic E-state index is 11.8. The van der Waals surface area contributed by atoms with Crippen molar-refractivity contribution in [3.05, 3.63) is 54.5 Å². The van der Waals surface area contributed by atoms with Gasteiger partial charge in [0.2, 0.25) is 0 Å². The monoisotopic (exact) mass is 272 g/mol. The Morgan fingerprint density at radius 3 is 2.89 bits per heavy atom. The minimum atomic E-state index is -0.227. The van der Waals surface area contributed by atoms with E-state index in [-0.39, 0.29) is 5.91 Å². The summed E-state index contributed by atoms with van der Waals surface area (Å²) in [5, 5.41) is 5.24. The second-order valence-corrected chi connectivity index (χ2v) is 4.30. The van der Waals surface area contributed by atoms with Crippen molar-refractivity contribution >= 4 is 29.2 Å². The Bertz CT molecular complexity index is 767. The fraction of sp³-hybridized carbons (Fsp3) is 0. The molecule has 5 nitrogen and oxygen atoms in total. The molecule has 0 N–H and O–H groups in total. The van der Waals surface area contributed by atoms with E-state index in [9.17, 15) is 4.79 Å².